The molecule has 4 nitrogen and oxygen atoms in total. The van der Waals surface area contributed by atoms with Gasteiger partial charge in [-0.1, -0.05) is 6.92 Å². The zero-order valence-corrected chi connectivity index (χ0v) is 11.5. The molecule has 0 aromatic heterocycles. The summed E-state index contributed by atoms with van der Waals surface area (Å²) in [6, 6.07) is 0. The SMILES string of the molecule is CCOP(=O)(CN1CCC(C)CC1)OCC. The molecule has 0 unspecified atom stereocenters. The van der Waals surface area contributed by atoms with Crippen LogP contribution in [0.2, 0.25) is 0 Å². The second-order valence-corrected chi connectivity index (χ2v) is 6.41. The Morgan fingerprint density at radius 1 is 1.19 bits per heavy atom. The van der Waals surface area contributed by atoms with E-state index in [9.17, 15) is 4.57 Å². The molecular formula is C11H24NO3P. The first kappa shape index (κ1) is 14.2. The van der Waals surface area contributed by atoms with Gasteiger partial charge in [-0.25, -0.2) is 0 Å². The van der Waals surface area contributed by atoms with Crippen molar-refractivity contribution in [1.29, 1.82) is 0 Å². The van der Waals surface area contributed by atoms with Crippen LogP contribution in [0.25, 0.3) is 0 Å². The lowest BCUT2D eigenvalue weighted by Gasteiger charge is -2.32. The number of hydrogen-bond acceptors (Lipinski definition) is 4. The van der Waals surface area contributed by atoms with E-state index in [1.54, 1.807) is 0 Å². The fourth-order valence-electron chi connectivity index (χ4n) is 1.96. The van der Waals surface area contributed by atoms with Crippen LogP contribution in [0.3, 0.4) is 0 Å². The van der Waals surface area contributed by atoms with E-state index in [4.69, 9.17) is 9.05 Å². The lowest BCUT2D eigenvalue weighted by Crippen LogP contribution is -2.34. The molecule has 0 aliphatic carbocycles. The van der Waals surface area contributed by atoms with Crippen molar-refractivity contribution >= 4 is 7.60 Å². The van der Waals surface area contributed by atoms with Crippen LogP contribution in [-0.2, 0) is 13.6 Å². The molecule has 96 valence electrons. The van der Waals surface area contributed by atoms with E-state index in [-0.39, 0.29) is 0 Å². The normalized spacial score (nSPS) is 20.2. The smallest absolute Gasteiger partial charge is 0.308 e. The highest BCUT2D eigenvalue weighted by molar-refractivity contribution is 7.53. The Kier molecular flexibility index (Phi) is 5.98. The summed E-state index contributed by atoms with van der Waals surface area (Å²) in [5, 5.41) is 0. The van der Waals surface area contributed by atoms with Crippen molar-refractivity contribution in [3.63, 3.8) is 0 Å². The molecule has 0 spiro atoms. The molecule has 16 heavy (non-hydrogen) atoms. The van der Waals surface area contributed by atoms with E-state index >= 15 is 0 Å². The maximum atomic E-state index is 12.3. The van der Waals surface area contributed by atoms with Gasteiger partial charge in [-0.2, -0.15) is 0 Å². The standard InChI is InChI=1S/C11H24NO3P/c1-4-14-16(13,15-5-2)10-12-8-6-11(3)7-9-12/h11H,4-10H2,1-3H3. The molecule has 0 amide bonds. The predicted octanol–water partition coefficient (Wildman–Crippen LogP) is 2.94. The van der Waals surface area contributed by atoms with Crippen molar-refractivity contribution in [2.24, 2.45) is 5.92 Å². The molecular weight excluding hydrogens is 225 g/mol. The van der Waals surface area contributed by atoms with Crippen LogP contribution in [0.4, 0.5) is 0 Å². The van der Waals surface area contributed by atoms with Gasteiger partial charge in [-0.05, 0) is 45.7 Å². The number of nitrogens with zero attached hydrogens (tertiary/aromatic N) is 1. The Bertz CT molecular complexity index is 229. The molecule has 0 aromatic rings. The summed E-state index contributed by atoms with van der Waals surface area (Å²) < 4.78 is 22.9. The Hall–Kier alpha value is 0.110. The van der Waals surface area contributed by atoms with Gasteiger partial charge >= 0.3 is 7.60 Å². The summed E-state index contributed by atoms with van der Waals surface area (Å²) in [7, 11) is -2.88. The molecule has 0 aromatic carbocycles. The lowest BCUT2D eigenvalue weighted by atomic mass is 10.00. The molecule has 5 heteroatoms. The predicted molar refractivity (Wildman–Crippen MR) is 65.7 cm³/mol. The quantitative estimate of drug-likeness (QED) is 0.678. The minimum Gasteiger partial charge on any atom is -0.308 e. The Morgan fingerprint density at radius 2 is 1.69 bits per heavy atom. The first-order valence-corrected chi connectivity index (χ1v) is 7.93. The summed E-state index contributed by atoms with van der Waals surface area (Å²) in [5.41, 5.74) is 0. The molecule has 0 bridgehead atoms. The molecule has 0 radical (unpaired) electrons. The Balaban J connectivity index is 2.45. The van der Waals surface area contributed by atoms with Crippen molar-refractivity contribution in [2.45, 2.75) is 33.6 Å². The van der Waals surface area contributed by atoms with Crippen molar-refractivity contribution in [3.8, 4) is 0 Å². The average Bonchev–Trinajstić information content (AvgIpc) is 2.22. The van der Waals surface area contributed by atoms with Gasteiger partial charge in [0.2, 0.25) is 0 Å². The average molecular weight is 249 g/mol. The molecule has 1 aliphatic heterocycles. The van der Waals surface area contributed by atoms with Gasteiger partial charge in [0.05, 0.1) is 13.2 Å². The Morgan fingerprint density at radius 3 is 2.12 bits per heavy atom. The lowest BCUT2D eigenvalue weighted by molar-refractivity contribution is 0.171. The molecule has 0 N–H and O–H groups in total. The zero-order chi connectivity index (χ0) is 12.0. The third-order valence-corrected chi connectivity index (χ3v) is 4.95. The highest BCUT2D eigenvalue weighted by Crippen LogP contribution is 2.48. The van der Waals surface area contributed by atoms with Crippen LogP contribution in [-0.4, -0.2) is 37.5 Å². The number of rotatable bonds is 6. The molecule has 1 heterocycles. The molecule has 1 rings (SSSR count). The topological polar surface area (TPSA) is 38.8 Å². The second-order valence-electron chi connectivity index (χ2n) is 4.39. The molecule has 1 saturated heterocycles. The molecule has 1 aliphatic rings. The van der Waals surface area contributed by atoms with Crippen molar-refractivity contribution in [2.75, 3.05) is 32.6 Å². The molecule has 0 saturated carbocycles. The van der Waals surface area contributed by atoms with Crippen LogP contribution >= 0.6 is 7.60 Å². The van der Waals surface area contributed by atoms with Gasteiger partial charge < -0.3 is 9.05 Å². The van der Waals surface area contributed by atoms with Crippen LogP contribution in [0.1, 0.15) is 33.6 Å². The molecule has 0 atom stereocenters. The van der Waals surface area contributed by atoms with Crippen molar-refractivity contribution < 1.29 is 13.6 Å². The van der Waals surface area contributed by atoms with E-state index in [0.717, 1.165) is 19.0 Å². The van der Waals surface area contributed by atoms with Crippen molar-refractivity contribution in [3.05, 3.63) is 0 Å². The van der Waals surface area contributed by atoms with Crippen molar-refractivity contribution in [1.82, 2.24) is 4.90 Å². The first-order valence-electron chi connectivity index (χ1n) is 6.20. The minimum absolute atomic E-state index is 0.446. The number of hydrogen-bond donors (Lipinski definition) is 0. The maximum Gasteiger partial charge on any atom is 0.344 e. The number of likely N-dealkylation sites (tertiary alicyclic amines) is 1. The van der Waals surface area contributed by atoms with Gasteiger partial charge in [0.25, 0.3) is 0 Å². The third kappa shape index (κ3) is 4.54. The van der Waals surface area contributed by atoms with Gasteiger partial charge in [0, 0.05) is 0 Å². The van der Waals surface area contributed by atoms with Gasteiger partial charge in [0.1, 0.15) is 6.29 Å². The van der Waals surface area contributed by atoms with Crippen LogP contribution < -0.4 is 0 Å². The summed E-state index contributed by atoms with van der Waals surface area (Å²) >= 11 is 0. The van der Waals surface area contributed by atoms with Gasteiger partial charge in [-0.3, -0.25) is 9.46 Å². The monoisotopic (exact) mass is 249 g/mol. The highest BCUT2D eigenvalue weighted by Gasteiger charge is 2.28. The number of piperidine rings is 1. The largest absolute Gasteiger partial charge is 0.344 e. The van der Waals surface area contributed by atoms with Crippen LogP contribution in [0.15, 0.2) is 0 Å². The van der Waals surface area contributed by atoms with E-state index in [2.05, 4.69) is 11.8 Å². The second kappa shape index (κ2) is 6.75. The fraction of sp³-hybridized carbons (Fsp3) is 1.00. The van der Waals surface area contributed by atoms with E-state index < -0.39 is 7.60 Å². The first-order chi connectivity index (χ1) is 7.59. The van der Waals surface area contributed by atoms with Crippen LogP contribution in [0.5, 0.6) is 0 Å². The van der Waals surface area contributed by atoms with Gasteiger partial charge in [-0.15, -0.1) is 0 Å². The van der Waals surface area contributed by atoms with Gasteiger partial charge in [0.15, 0.2) is 0 Å². The van der Waals surface area contributed by atoms with E-state index in [1.165, 1.54) is 12.8 Å². The minimum atomic E-state index is -2.88. The van der Waals surface area contributed by atoms with E-state index in [1.807, 2.05) is 13.8 Å². The summed E-state index contributed by atoms with van der Waals surface area (Å²) in [6.45, 7) is 8.87. The van der Waals surface area contributed by atoms with E-state index in [0.29, 0.717) is 19.5 Å². The summed E-state index contributed by atoms with van der Waals surface area (Å²) in [6.07, 6.45) is 2.80. The Labute approximate surface area is 98.8 Å². The fourth-order valence-corrected chi connectivity index (χ4v) is 3.76. The molecule has 1 fully saturated rings. The van der Waals surface area contributed by atoms with Crippen LogP contribution in [0, 0.1) is 5.92 Å². The highest BCUT2D eigenvalue weighted by atomic mass is 31.2. The maximum absolute atomic E-state index is 12.3. The third-order valence-electron chi connectivity index (χ3n) is 2.90. The zero-order valence-electron chi connectivity index (χ0n) is 10.6. The summed E-state index contributed by atoms with van der Waals surface area (Å²) in [5.74, 6) is 0.787. The summed E-state index contributed by atoms with van der Waals surface area (Å²) in [4.78, 5) is 2.20.